The Morgan fingerprint density at radius 3 is 2.46 bits per heavy atom. The van der Waals surface area contributed by atoms with Gasteiger partial charge in [-0.1, -0.05) is 55.5 Å². The van der Waals surface area contributed by atoms with Crippen molar-refractivity contribution in [3.8, 4) is 5.75 Å². The minimum Gasteiger partial charge on any atom is -0.484 e. The standard InChI is InChI=1S/C23H27N3O2/c1-3-26-23(2,18-10-6-4-7-11-18)20-16-25(15-14-21(20)24-26)22(27)17-28-19-12-8-5-9-13-19/h4-13,24H,3,14-17H2,1-2H3. The highest BCUT2D eigenvalue weighted by Crippen LogP contribution is 2.43. The van der Waals surface area contributed by atoms with Gasteiger partial charge in [0.1, 0.15) is 5.75 Å². The molecule has 0 aromatic heterocycles. The van der Waals surface area contributed by atoms with Crippen molar-refractivity contribution in [1.29, 1.82) is 0 Å². The van der Waals surface area contributed by atoms with E-state index in [1.807, 2.05) is 41.3 Å². The second kappa shape index (κ2) is 7.68. The number of nitrogens with one attached hydrogen (secondary N) is 1. The van der Waals surface area contributed by atoms with Crippen molar-refractivity contribution in [3.63, 3.8) is 0 Å². The summed E-state index contributed by atoms with van der Waals surface area (Å²) in [4.78, 5) is 14.7. The number of nitrogens with zero attached hydrogens (tertiary/aromatic N) is 2. The van der Waals surface area contributed by atoms with Crippen LogP contribution < -0.4 is 10.2 Å². The number of para-hydroxylation sites is 1. The SMILES string of the molecule is CCN1NC2=C(CN(C(=O)COc3ccccc3)CC2)C1(C)c1ccccc1. The quantitative estimate of drug-likeness (QED) is 0.868. The summed E-state index contributed by atoms with van der Waals surface area (Å²) >= 11 is 0. The Labute approximate surface area is 166 Å². The summed E-state index contributed by atoms with van der Waals surface area (Å²) in [5, 5.41) is 2.28. The van der Waals surface area contributed by atoms with Crippen molar-refractivity contribution >= 4 is 5.91 Å². The molecule has 0 saturated heterocycles. The number of ether oxygens (including phenoxy) is 1. The average molecular weight is 377 g/mol. The van der Waals surface area contributed by atoms with E-state index in [0.717, 1.165) is 18.7 Å². The number of hydrogen-bond donors (Lipinski definition) is 1. The van der Waals surface area contributed by atoms with E-state index in [0.29, 0.717) is 13.1 Å². The van der Waals surface area contributed by atoms with Gasteiger partial charge in [-0.3, -0.25) is 4.79 Å². The number of benzene rings is 2. The van der Waals surface area contributed by atoms with Gasteiger partial charge in [-0.15, -0.1) is 0 Å². The highest BCUT2D eigenvalue weighted by atomic mass is 16.5. The van der Waals surface area contributed by atoms with E-state index >= 15 is 0 Å². The van der Waals surface area contributed by atoms with Gasteiger partial charge in [0.15, 0.2) is 6.61 Å². The van der Waals surface area contributed by atoms with E-state index in [1.54, 1.807) is 0 Å². The molecule has 2 aromatic carbocycles. The van der Waals surface area contributed by atoms with Crippen LogP contribution in [0.15, 0.2) is 71.9 Å². The lowest BCUT2D eigenvalue weighted by molar-refractivity contribution is -0.133. The number of carbonyl (C=O) groups is 1. The van der Waals surface area contributed by atoms with E-state index in [2.05, 4.69) is 48.5 Å². The number of carbonyl (C=O) groups excluding carboxylic acids is 1. The van der Waals surface area contributed by atoms with Crippen LogP contribution in [0.4, 0.5) is 0 Å². The maximum Gasteiger partial charge on any atom is 0.260 e. The fourth-order valence-electron chi connectivity index (χ4n) is 4.23. The minimum absolute atomic E-state index is 0.0285. The second-order valence-electron chi connectivity index (χ2n) is 7.42. The molecule has 2 aliphatic rings. The molecule has 0 fully saturated rings. The topological polar surface area (TPSA) is 44.8 Å². The number of hydrazine groups is 1. The summed E-state index contributed by atoms with van der Waals surface area (Å²) in [6.07, 6.45) is 0.839. The van der Waals surface area contributed by atoms with Gasteiger partial charge in [-0.25, -0.2) is 5.01 Å². The average Bonchev–Trinajstić information content (AvgIpc) is 3.05. The summed E-state index contributed by atoms with van der Waals surface area (Å²) in [6.45, 7) is 6.69. The molecule has 1 N–H and O–H groups in total. The molecule has 5 nitrogen and oxygen atoms in total. The van der Waals surface area contributed by atoms with E-state index in [9.17, 15) is 4.79 Å². The largest absolute Gasteiger partial charge is 0.484 e. The molecule has 2 heterocycles. The smallest absolute Gasteiger partial charge is 0.260 e. The van der Waals surface area contributed by atoms with Crippen molar-refractivity contribution in [2.24, 2.45) is 0 Å². The first-order valence-electron chi connectivity index (χ1n) is 9.91. The molecule has 0 spiro atoms. The van der Waals surface area contributed by atoms with E-state index < -0.39 is 0 Å². The fourth-order valence-corrected chi connectivity index (χ4v) is 4.23. The highest BCUT2D eigenvalue weighted by Gasteiger charge is 2.46. The zero-order valence-electron chi connectivity index (χ0n) is 16.5. The molecule has 4 rings (SSSR count). The lowest BCUT2D eigenvalue weighted by atomic mass is 9.82. The second-order valence-corrected chi connectivity index (χ2v) is 7.42. The predicted molar refractivity (Wildman–Crippen MR) is 109 cm³/mol. The van der Waals surface area contributed by atoms with Crippen LogP contribution in [0.2, 0.25) is 0 Å². The third-order valence-electron chi connectivity index (χ3n) is 5.85. The Balaban J connectivity index is 1.52. The van der Waals surface area contributed by atoms with E-state index in [1.165, 1.54) is 16.8 Å². The molecule has 0 saturated carbocycles. The summed E-state index contributed by atoms with van der Waals surface area (Å²) in [5.41, 5.74) is 7.10. The first-order chi connectivity index (χ1) is 13.6. The van der Waals surface area contributed by atoms with Crippen molar-refractivity contribution in [1.82, 2.24) is 15.3 Å². The Morgan fingerprint density at radius 1 is 1.11 bits per heavy atom. The lowest BCUT2D eigenvalue weighted by Gasteiger charge is -2.38. The molecule has 5 heteroatoms. The fraction of sp³-hybridized carbons (Fsp3) is 0.348. The Hall–Kier alpha value is -2.79. The Morgan fingerprint density at radius 2 is 1.79 bits per heavy atom. The van der Waals surface area contributed by atoms with Gasteiger partial charge in [0.2, 0.25) is 0 Å². The molecule has 1 atom stereocenters. The van der Waals surface area contributed by atoms with Crippen LogP contribution in [0.25, 0.3) is 0 Å². The normalized spacial score (nSPS) is 22.0. The molecule has 0 bridgehead atoms. The first kappa shape index (κ1) is 18.6. The number of hydrogen-bond acceptors (Lipinski definition) is 4. The van der Waals surface area contributed by atoms with Crippen molar-refractivity contribution in [3.05, 3.63) is 77.5 Å². The van der Waals surface area contributed by atoms with Crippen molar-refractivity contribution in [2.45, 2.75) is 25.8 Å². The number of likely N-dealkylation sites (N-methyl/N-ethyl adjacent to an activating group) is 1. The molecule has 28 heavy (non-hydrogen) atoms. The minimum atomic E-state index is -0.259. The summed E-state index contributed by atoms with van der Waals surface area (Å²) < 4.78 is 5.68. The highest BCUT2D eigenvalue weighted by molar-refractivity contribution is 5.78. The number of amides is 1. The van der Waals surface area contributed by atoms with Crippen molar-refractivity contribution in [2.75, 3.05) is 26.2 Å². The Bertz CT molecular complexity index is 866. The van der Waals surface area contributed by atoms with Crippen LogP contribution in [0.3, 0.4) is 0 Å². The summed E-state index contributed by atoms with van der Waals surface area (Å²) in [5.74, 6) is 0.752. The lowest BCUT2D eigenvalue weighted by Crippen LogP contribution is -2.47. The molecule has 1 unspecified atom stereocenters. The number of rotatable bonds is 5. The van der Waals surface area contributed by atoms with Gasteiger partial charge in [-0.2, -0.15) is 0 Å². The van der Waals surface area contributed by atoms with Crippen LogP contribution in [-0.2, 0) is 10.3 Å². The molecule has 0 aliphatic carbocycles. The van der Waals surface area contributed by atoms with Crippen LogP contribution in [0.1, 0.15) is 25.8 Å². The Kier molecular flexibility index (Phi) is 5.09. The van der Waals surface area contributed by atoms with Crippen LogP contribution in [0.5, 0.6) is 5.75 Å². The summed E-state index contributed by atoms with van der Waals surface area (Å²) in [7, 11) is 0. The molecule has 0 radical (unpaired) electrons. The molecular weight excluding hydrogens is 350 g/mol. The molecule has 1 amide bonds. The molecule has 2 aromatic rings. The van der Waals surface area contributed by atoms with Crippen LogP contribution in [-0.4, -0.2) is 42.1 Å². The maximum absolute atomic E-state index is 12.8. The van der Waals surface area contributed by atoms with Gasteiger partial charge in [-0.05, 0) is 30.2 Å². The van der Waals surface area contributed by atoms with Gasteiger partial charge in [0, 0.05) is 31.8 Å². The van der Waals surface area contributed by atoms with E-state index in [4.69, 9.17) is 4.74 Å². The van der Waals surface area contributed by atoms with Gasteiger partial charge in [0.25, 0.3) is 5.91 Å². The monoisotopic (exact) mass is 377 g/mol. The van der Waals surface area contributed by atoms with Crippen molar-refractivity contribution < 1.29 is 9.53 Å². The van der Waals surface area contributed by atoms with Gasteiger partial charge < -0.3 is 15.1 Å². The van der Waals surface area contributed by atoms with Crippen LogP contribution in [0, 0.1) is 0 Å². The first-order valence-corrected chi connectivity index (χ1v) is 9.91. The van der Waals surface area contributed by atoms with Crippen LogP contribution >= 0.6 is 0 Å². The third-order valence-corrected chi connectivity index (χ3v) is 5.85. The van der Waals surface area contributed by atoms with Gasteiger partial charge >= 0.3 is 0 Å². The van der Waals surface area contributed by atoms with E-state index in [-0.39, 0.29) is 18.1 Å². The molecule has 146 valence electrons. The van der Waals surface area contributed by atoms with Gasteiger partial charge in [0.05, 0.1) is 5.54 Å². The molecular formula is C23H27N3O2. The maximum atomic E-state index is 12.8. The molecule has 2 aliphatic heterocycles. The zero-order chi connectivity index (χ0) is 19.6. The zero-order valence-corrected chi connectivity index (χ0v) is 16.5. The third kappa shape index (κ3) is 3.27. The summed E-state index contributed by atoms with van der Waals surface area (Å²) in [6, 6.07) is 20.0. The predicted octanol–water partition coefficient (Wildman–Crippen LogP) is 3.31.